The number of hydrogen-bond donors (Lipinski definition) is 0. The molecular formula is C27H34O7. The van der Waals surface area contributed by atoms with Gasteiger partial charge in [0.15, 0.2) is 6.29 Å². The van der Waals surface area contributed by atoms with Crippen molar-refractivity contribution in [2.24, 2.45) is 0 Å². The predicted molar refractivity (Wildman–Crippen MR) is 126 cm³/mol. The fourth-order valence-corrected chi connectivity index (χ4v) is 3.98. The molecule has 34 heavy (non-hydrogen) atoms. The minimum absolute atomic E-state index is 0.103. The van der Waals surface area contributed by atoms with Gasteiger partial charge in [-0.1, -0.05) is 60.7 Å². The van der Waals surface area contributed by atoms with Gasteiger partial charge >= 0.3 is 11.9 Å². The Morgan fingerprint density at radius 2 is 1.68 bits per heavy atom. The van der Waals surface area contributed by atoms with E-state index in [1.165, 1.54) is 14.0 Å². The molecule has 0 spiro atoms. The van der Waals surface area contributed by atoms with Crippen LogP contribution in [-0.4, -0.2) is 44.0 Å². The second kappa shape index (κ2) is 13.8. The number of esters is 2. The molecule has 4 atom stereocenters. The molecule has 1 fully saturated rings. The van der Waals surface area contributed by atoms with Gasteiger partial charge in [0, 0.05) is 25.3 Å². The minimum Gasteiger partial charge on any atom is -0.469 e. The molecule has 2 aromatic carbocycles. The molecule has 3 rings (SSSR count). The Morgan fingerprint density at radius 3 is 2.35 bits per heavy atom. The lowest BCUT2D eigenvalue weighted by molar-refractivity contribution is -0.254. The second-order valence-corrected chi connectivity index (χ2v) is 8.41. The van der Waals surface area contributed by atoms with Crippen LogP contribution in [0.15, 0.2) is 60.7 Å². The zero-order valence-electron chi connectivity index (χ0n) is 19.9. The van der Waals surface area contributed by atoms with Crippen molar-refractivity contribution < 1.29 is 33.3 Å². The summed E-state index contributed by atoms with van der Waals surface area (Å²) < 4.78 is 28.6. The molecule has 0 aliphatic carbocycles. The van der Waals surface area contributed by atoms with Gasteiger partial charge in [0.05, 0.1) is 45.1 Å². The van der Waals surface area contributed by atoms with Crippen LogP contribution in [0.2, 0.25) is 0 Å². The first kappa shape index (κ1) is 25.9. The highest BCUT2D eigenvalue weighted by molar-refractivity contribution is 5.69. The first-order chi connectivity index (χ1) is 16.5. The van der Waals surface area contributed by atoms with E-state index in [0.717, 1.165) is 17.5 Å². The molecule has 0 saturated carbocycles. The van der Waals surface area contributed by atoms with Gasteiger partial charge in [0.1, 0.15) is 0 Å². The van der Waals surface area contributed by atoms with Crippen molar-refractivity contribution in [1.29, 1.82) is 0 Å². The van der Waals surface area contributed by atoms with Crippen LogP contribution in [0.25, 0.3) is 0 Å². The highest BCUT2D eigenvalue weighted by Crippen LogP contribution is 2.33. The number of carbonyl (C=O) groups is 2. The van der Waals surface area contributed by atoms with E-state index in [9.17, 15) is 9.59 Å². The Kier molecular flexibility index (Phi) is 10.5. The molecule has 1 aliphatic heterocycles. The maximum Gasteiger partial charge on any atom is 0.308 e. The van der Waals surface area contributed by atoms with E-state index in [1.54, 1.807) is 0 Å². The molecule has 7 nitrogen and oxygen atoms in total. The minimum atomic E-state index is -0.564. The largest absolute Gasteiger partial charge is 0.469 e. The van der Waals surface area contributed by atoms with Crippen molar-refractivity contribution in [3.63, 3.8) is 0 Å². The normalized spacial score (nSPS) is 20.9. The lowest BCUT2D eigenvalue weighted by Crippen LogP contribution is -2.37. The van der Waals surface area contributed by atoms with Gasteiger partial charge in [-0.3, -0.25) is 9.59 Å². The number of rotatable bonds is 12. The SMILES string of the molecule is COC(=O)C[C@H]1C[C@@H](C[C@@H](CCCOC(C)=O)OCc2ccccc2)O[C@@H](c2ccccc2)O1. The lowest BCUT2D eigenvalue weighted by Gasteiger charge is -2.37. The molecule has 0 aromatic heterocycles. The first-order valence-electron chi connectivity index (χ1n) is 11.7. The summed E-state index contributed by atoms with van der Waals surface area (Å²) in [5.41, 5.74) is 1.99. The van der Waals surface area contributed by atoms with Gasteiger partial charge in [-0.05, 0) is 18.4 Å². The van der Waals surface area contributed by atoms with E-state index < -0.39 is 6.29 Å². The van der Waals surface area contributed by atoms with Crippen molar-refractivity contribution in [2.45, 2.75) is 70.2 Å². The summed E-state index contributed by atoms with van der Waals surface area (Å²) in [7, 11) is 1.38. The monoisotopic (exact) mass is 470 g/mol. The fraction of sp³-hybridized carbons (Fsp3) is 0.481. The Hall–Kier alpha value is -2.74. The van der Waals surface area contributed by atoms with Gasteiger partial charge in [0.2, 0.25) is 0 Å². The molecule has 0 radical (unpaired) electrons. The van der Waals surface area contributed by atoms with Gasteiger partial charge in [-0.15, -0.1) is 0 Å². The molecule has 0 unspecified atom stereocenters. The van der Waals surface area contributed by atoms with Crippen molar-refractivity contribution in [3.8, 4) is 0 Å². The number of benzene rings is 2. The van der Waals surface area contributed by atoms with E-state index in [-0.39, 0.29) is 36.7 Å². The molecule has 1 heterocycles. The fourth-order valence-electron chi connectivity index (χ4n) is 3.98. The van der Waals surface area contributed by atoms with Crippen LogP contribution in [0.3, 0.4) is 0 Å². The standard InChI is InChI=1S/C27H34O7/c1-20(28)31-15-9-14-23(32-19-21-10-5-3-6-11-21)16-24-17-25(18-26(29)30-2)34-27(33-24)22-12-7-4-8-13-22/h3-8,10-13,23-25,27H,9,14-19H2,1-2H3/t23-,24-,25-,27-/m1/s1. The third-order valence-electron chi connectivity index (χ3n) is 5.68. The van der Waals surface area contributed by atoms with Crippen LogP contribution in [0.4, 0.5) is 0 Å². The Morgan fingerprint density at radius 1 is 1.00 bits per heavy atom. The van der Waals surface area contributed by atoms with E-state index in [2.05, 4.69) is 0 Å². The Bertz CT molecular complexity index is 871. The Balaban J connectivity index is 1.66. The summed E-state index contributed by atoms with van der Waals surface area (Å²) in [5, 5.41) is 0. The highest BCUT2D eigenvalue weighted by atomic mass is 16.7. The molecular weight excluding hydrogens is 436 g/mol. The topological polar surface area (TPSA) is 80.3 Å². The van der Waals surface area contributed by atoms with Crippen LogP contribution >= 0.6 is 0 Å². The zero-order chi connectivity index (χ0) is 24.2. The summed E-state index contributed by atoms with van der Waals surface area (Å²) in [4.78, 5) is 23.0. The highest BCUT2D eigenvalue weighted by Gasteiger charge is 2.34. The zero-order valence-corrected chi connectivity index (χ0v) is 19.9. The quantitative estimate of drug-likeness (QED) is 0.327. The van der Waals surface area contributed by atoms with Crippen LogP contribution in [0, 0.1) is 0 Å². The summed E-state index contributed by atoms with van der Waals surface area (Å²) in [6.45, 7) is 2.24. The van der Waals surface area contributed by atoms with Gasteiger partial charge < -0.3 is 23.7 Å². The van der Waals surface area contributed by atoms with Crippen LogP contribution in [0.1, 0.15) is 56.4 Å². The van der Waals surface area contributed by atoms with Crippen molar-refractivity contribution in [1.82, 2.24) is 0 Å². The van der Waals surface area contributed by atoms with Crippen LogP contribution in [0.5, 0.6) is 0 Å². The van der Waals surface area contributed by atoms with Gasteiger partial charge in [0.25, 0.3) is 0 Å². The molecule has 0 amide bonds. The average Bonchev–Trinajstić information content (AvgIpc) is 2.85. The number of carbonyl (C=O) groups excluding carboxylic acids is 2. The molecule has 1 saturated heterocycles. The third kappa shape index (κ3) is 8.89. The molecule has 184 valence electrons. The average molecular weight is 471 g/mol. The number of methoxy groups -OCH3 is 1. The van der Waals surface area contributed by atoms with Crippen molar-refractivity contribution in [3.05, 3.63) is 71.8 Å². The van der Waals surface area contributed by atoms with E-state index in [0.29, 0.717) is 32.5 Å². The van der Waals surface area contributed by atoms with Crippen molar-refractivity contribution in [2.75, 3.05) is 13.7 Å². The lowest BCUT2D eigenvalue weighted by atomic mass is 9.99. The summed E-state index contributed by atoms with van der Waals surface area (Å²) in [6, 6.07) is 19.7. The molecule has 1 aliphatic rings. The molecule has 0 N–H and O–H groups in total. The molecule has 2 aromatic rings. The maximum atomic E-state index is 11.9. The maximum absolute atomic E-state index is 11.9. The summed E-state index contributed by atoms with van der Waals surface area (Å²) in [6.07, 6.45) is 1.64. The first-order valence-corrected chi connectivity index (χ1v) is 11.7. The summed E-state index contributed by atoms with van der Waals surface area (Å²) in [5.74, 6) is -0.596. The number of ether oxygens (including phenoxy) is 5. The second-order valence-electron chi connectivity index (χ2n) is 8.41. The number of hydrogen-bond acceptors (Lipinski definition) is 7. The molecule has 0 bridgehead atoms. The van der Waals surface area contributed by atoms with Crippen LogP contribution < -0.4 is 0 Å². The van der Waals surface area contributed by atoms with E-state index >= 15 is 0 Å². The van der Waals surface area contributed by atoms with Crippen LogP contribution in [-0.2, 0) is 39.9 Å². The van der Waals surface area contributed by atoms with Gasteiger partial charge in [-0.25, -0.2) is 0 Å². The predicted octanol–water partition coefficient (Wildman–Crippen LogP) is 4.74. The van der Waals surface area contributed by atoms with E-state index in [1.807, 2.05) is 60.7 Å². The molecule has 7 heteroatoms. The van der Waals surface area contributed by atoms with Gasteiger partial charge in [-0.2, -0.15) is 0 Å². The van der Waals surface area contributed by atoms with Crippen molar-refractivity contribution >= 4 is 11.9 Å². The smallest absolute Gasteiger partial charge is 0.308 e. The summed E-state index contributed by atoms with van der Waals surface area (Å²) >= 11 is 0. The third-order valence-corrected chi connectivity index (χ3v) is 5.68. The Labute approximate surface area is 201 Å². The van der Waals surface area contributed by atoms with E-state index in [4.69, 9.17) is 23.7 Å².